The van der Waals surface area contributed by atoms with Crippen LogP contribution in [0.25, 0.3) is 0 Å². The van der Waals surface area contributed by atoms with E-state index in [4.69, 9.17) is 81.2 Å². The Morgan fingerprint density at radius 1 is 0.795 bits per heavy atom. The zero-order valence-corrected chi connectivity index (χ0v) is 25.3. The van der Waals surface area contributed by atoms with Crippen molar-refractivity contribution in [3.63, 3.8) is 0 Å². The van der Waals surface area contributed by atoms with Crippen molar-refractivity contribution in [3.05, 3.63) is 80.3 Å². The van der Waals surface area contributed by atoms with Crippen molar-refractivity contribution < 1.29 is 19.2 Å². The molecule has 0 aromatic heterocycles. The minimum atomic E-state index is -2.14. The normalized spacial score (nSPS) is 29.6. The maximum atomic E-state index is 14.0. The molecule has 5 rings (SSSR count). The van der Waals surface area contributed by atoms with E-state index in [0.29, 0.717) is 10.0 Å². The summed E-state index contributed by atoms with van der Waals surface area (Å²) in [6.07, 6.45) is 0. The molecule has 3 aliphatic rings. The molecule has 2 fully saturated rings. The fourth-order valence-corrected chi connectivity index (χ4v) is 8.48. The fraction of sp³-hybridized carbons (Fsp3) is 0.308. The summed E-state index contributed by atoms with van der Waals surface area (Å²) in [7, 11) is 0. The highest BCUT2D eigenvalue weighted by atomic mass is 35.5. The summed E-state index contributed by atoms with van der Waals surface area (Å²) >= 11 is 45.5. The van der Waals surface area contributed by atoms with E-state index in [2.05, 4.69) is 0 Å². The number of halogens is 7. The number of hydrazine groups is 1. The van der Waals surface area contributed by atoms with E-state index in [0.717, 1.165) is 10.6 Å². The lowest BCUT2D eigenvalue weighted by molar-refractivity contribution is -0.157. The molecule has 0 spiro atoms. The van der Waals surface area contributed by atoms with Crippen LogP contribution in [-0.4, -0.2) is 53.6 Å². The van der Waals surface area contributed by atoms with Gasteiger partial charge < -0.3 is 0 Å². The third kappa shape index (κ3) is 3.69. The van der Waals surface area contributed by atoms with Gasteiger partial charge in [-0.15, -0.1) is 23.2 Å². The molecule has 2 bridgehead atoms. The summed E-state index contributed by atoms with van der Waals surface area (Å²) < 4.78 is -2.14. The summed E-state index contributed by atoms with van der Waals surface area (Å²) in [6.45, 7) is 3.25. The molecule has 2 aliphatic carbocycles. The number of hydrogen-bond acceptors (Lipinski definition) is 4. The maximum Gasteiger partial charge on any atom is 0.273 e. The van der Waals surface area contributed by atoms with Gasteiger partial charge in [-0.1, -0.05) is 87.8 Å². The molecule has 3 amide bonds. The zero-order valence-electron chi connectivity index (χ0n) is 20.0. The number of nitrogens with zero attached hydrogens (tertiary/aromatic N) is 2. The first kappa shape index (κ1) is 29.0. The van der Waals surface area contributed by atoms with E-state index >= 15 is 0 Å². The Morgan fingerprint density at radius 3 is 1.69 bits per heavy atom. The standard InChI is InChI=1S/C26H17Cl7N2O4/c1-11-3-5-13(6-4-11)18(36)12(2)34(21(37)14-7-9-15(27)10-8-14)35-22(38)16-17(23(35)39)25(31)20(29)19(28)24(16,30)26(25,32)33/h3-10,12,16-17H,1-2H3/t12-,16-,17+,24+,25+/m0/s1. The van der Waals surface area contributed by atoms with Gasteiger partial charge in [0.1, 0.15) is 15.8 Å². The molecular weight excluding hydrogens is 652 g/mol. The van der Waals surface area contributed by atoms with Crippen LogP contribution in [0.2, 0.25) is 5.02 Å². The highest BCUT2D eigenvalue weighted by molar-refractivity contribution is 6.66. The predicted octanol–water partition coefficient (Wildman–Crippen LogP) is 6.72. The lowest BCUT2D eigenvalue weighted by Crippen LogP contribution is -2.59. The molecule has 0 radical (unpaired) electrons. The predicted molar refractivity (Wildman–Crippen MR) is 152 cm³/mol. The van der Waals surface area contributed by atoms with Crippen LogP contribution in [-0.2, 0) is 9.59 Å². The van der Waals surface area contributed by atoms with Gasteiger partial charge in [0, 0.05) is 16.1 Å². The Balaban J connectivity index is 1.63. The fourth-order valence-electron chi connectivity index (χ4n) is 5.43. The molecule has 1 heterocycles. The Bertz CT molecular complexity index is 1430. The van der Waals surface area contributed by atoms with E-state index < -0.39 is 55.5 Å². The van der Waals surface area contributed by atoms with Gasteiger partial charge in [-0.05, 0) is 38.1 Å². The zero-order chi connectivity index (χ0) is 28.8. The Hall–Kier alpha value is -1.51. The topological polar surface area (TPSA) is 74.8 Å². The van der Waals surface area contributed by atoms with Crippen molar-refractivity contribution in [2.75, 3.05) is 0 Å². The summed E-state index contributed by atoms with van der Waals surface area (Å²) in [5, 5.41) is 1.19. The molecule has 6 nitrogen and oxygen atoms in total. The van der Waals surface area contributed by atoms with Gasteiger partial charge in [0.2, 0.25) is 0 Å². The molecule has 2 aromatic rings. The summed E-state index contributed by atoms with van der Waals surface area (Å²) in [4.78, 5) is 51.3. The Labute approximate surface area is 258 Å². The second-order valence-electron chi connectivity index (χ2n) is 9.63. The number of alkyl halides is 4. The lowest BCUT2D eigenvalue weighted by Gasteiger charge is -2.38. The van der Waals surface area contributed by atoms with Gasteiger partial charge in [0.05, 0.1) is 21.9 Å². The van der Waals surface area contributed by atoms with Gasteiger partial charge >= 0.3 is 0 Å². The summed E-state index contributed by atoms with van der Waals surface area (Å²) in [6, 6.07) is 11.0. The molecule has 13 heteroatoms. The quantitative estimate of drug-likeness (QED) is 0.201. The first-order chi connectivity index (χ1) is 18.1. The van der Waals surface area contributed by atoms with Gasteiger partial charge in [-0.25, -0.2) is 5.01 Å². The largest absolute Gasteiger partial charge is 0.292 e. The number of rotatable bonds is 5. The number of carbonyl (C=O) groups excluding carboxylic acids is 4. The molecule has 0 N–H and O–H groups in total. The van der Waals surface area contributed by atoms with Crippen LogP contribution < -0.4 is 0 Å². The molecule has 5 atom stereocenters. The lowest BCUT2D eigenvalue weighted by atomic mass is 9.84. The maximum absolute atomic E-state index is 14.0. The van der Waals surface area contributed by atoms with Gasteiger partial charge in [0.15, 0.2) is 10.1 Å². The molecular formula is C26H17Cl7N2O4. The Morgan fingerprint density at radius 2 is 1.23 bits per heavy atom. The van der Waals surface area contributed by atoms with Gasteiger partial charge in [0.25, 0.3) is 17.7 Å². The van der Waals surface area contributed by atoms with E-state index in [1.165, 1.54) is 31.2 Å². The number of fused-ring (bicyclic) bond motifs is 5. The van der Waals surface area contributed by atoms with Gasteiger partial charge in [-0.3, -0.25) is 19.2 Å². The third-order valence-corrected chi connectivity index (χ3v) is 12.0. The number of imide groups is 1. The second-order valence-corrected chi connectivity index (χ2v) is 13.3. The highest BCUT2D eigenvalue weighted by Crippen LogP contribution is 2.77. The number of ketones is 1. The molecule has 39 heavy (non-hydrogen) atoms. The van der Waals surface area contributed by atoms with Crippen LogP contribution in [0.1, 0.15) is 33.2 Å². The number of amides is 3. The van der Waals surface area contributed by atoms with Crippen molar-refractivity contribution >= 4 is 105 Å². The first-order valence-corrected chi connectivity index (χ1v) is 14.2. The van der Waals surface area contributed by atoms with E-state index in [1.807, 2.05) is 6.92 Å². The van der Waals surface area contributed by atoms with Crippen molar-refractivity contribution in [3.8, 4) is 0 Å². The van der Waals surface area contributed by atoms with E-state index in [-0.39, 0.29) is 21.2 Å². The van der Waals surface area contributed by atoms with Crippen LogP contribution >= 0.6 is 81.2 Å². The van der Waals surface area contributed by atoms with E-state index in [9.17, 15) is 19.2 Å². The molecule has 0 unspecified atom stereocenters. The van der Waals surface area contributed by atoms with Crippen LogP contribution in [0.3, 0.4) is 0 Å². The minimum Gasteiger partial charge on any atom is -0.292 e. The number of benzene rings is 2. The van der Waals surface area contributed by atoms with Crippen molar-refractivity contribution in [2.45, 2.75) is 34.0 Å². The Kier molecular flexibility index (Phi) is 7.08. The van der Waals surface area contributed by atoms with E-state index in [1.54, 1.807) is 24.3 Å². The van der Waals surface area contributed by atoms with Crippen molar-refractivity contribution in [2.24, 2.45) is 11.8 Å². The van der Waals surface area contributed by atoms with Crippen LogP contribution in [0.5, 0.6) is 0 Å². The average molecular weight is 670 g/mol. The number of allylic oxidation sites excluding steroid dienone is 2. The van der Waals surface area contributed by atoms with Crippen LogP contribution in [0, 0.1) is 18.8 Å². The van der Waals surface area contributed by atoms with Crippen LogP contribution in [0.4, 0.5) is 0 Å². The third-order valence-electron chi connectivity index (χ3n) is 7.48. The molecule has 1 saturated carbocycles. The minimum absolute atomic E-state index is 0.0583. The van der Waals surface area contributed by atoms with Crippen molar-refractivity contribution in [1.82, 2.24) is 10.0 Å². The molecule has 2 aromatic carbocycles. The number of Topliss-reactive ketones (excluding diaryl/α,β-unsaturated/α-hetero) is 1. The summed E-state index contributed by atoms with van der Waals surface area (Å²) in [5.74, 6) is -6.22. The highest BCUT2D eigenvalue weighted by Gasteiger charge is 2.88. The SMILES string of the molecule is Cc1ccc(C(=O)[C@H](C)N(C(=O)c2ccc(Cl)cc2)N2C(=O)[C@@H]3[C@H](C2=O)[C@@]2(Cl)C(Cl)=C(Cl)[C@@]3(Cl)C2(Cl)Cl)cc1. The second kappa shape index (κ2) is 9.52. The van der Waals surface area contributed by atoms with Crippen molar-refractivity contribution in [1.29, 1.82) is 0 Å². The monoisotopic (exact) mass is 666 g/mol. The average Bonchev–Trinajstić information content (AvgIpc) is 3.28. The smallest absolute Gasteiger partial charge is 0.273 e. The first-order valence-electron chi connectivity index (χ1n) is 11.5. The molecule has 204 valence electrons. The number of carbonyl (C=O) groups is 4. The summed E-state index contributed by atoms with van der Waals surface area (Å²) in [5.41, 5.74) is 1.23. The van der Waals surface area contributed by atoms with Gasteiger partial charge in [-0.2, -0.15) is 5.01 Å². The molecule has 1 aliphatic heterocycles. The number of aryl methyl sites for hydroxylation is 1. The number of hydrogen-bond donors (Lipinski definition) is 0. The molecule has 1 saturated heterocycles. The van der Waals surface area contributed by atoms with Crippen LogP contribution in [0.15, 0.2) is 58.6 Å².